The van der Waals surface area contributed by atoms with E-state index in [0.717, 1.165) is 12.1 Å². The van der Waals surface area contributed by atoms with Crippen LogP contribution in [0.2, 0.25) is 0 Å². The summed E-state index contributed by atoms with van der Waals surface area (Å²) in [7, 11) is 3.44. The van der Waals surface area contributed by atoms with Gasteiger partial charge in [-0.2, -0.15) is 0 Å². The number of methoxy groups -OCH3 is 1. The van der Waals surface area contributed by atoms with Gasteiger partial charge in [0.1, 0.15) is 5.69 Å². The van der Waals surface area contributed by atoms with Crippen molar-refractivity contribution in [2.24, 2.45) is 7.05 Å². The molecule has 0 saturated heterocycles. The summed E-state index contributed by atoms with van der Waals surface area (Å²) in [4.78, 5) is 0. The third-order valence-electron chi connectivity index (χ3n) is 1.72. The molecule has 68 valence electrons. The summed E-state index contributed by atoms with van der Waals surface area (Å²) in [6.45, 7) is 0.557. The molecule has 1 aromatic rings. The summed E-state index contributed by atoms with van der Waals surface area (Å²) >= 11 is 0. The lowest BCUT2D eigenvalue weighted by atomic mass is 10.2. The minimum atomic E-state index is -0.0626. The van der Waals surface area contributed by atoms with Crippen LogP contribution in [0.3, 0.4) is 0 Å². The molecular formula is C7H13N3O2. The smallest absolute Gasteiger partial charge is 0.111 e. The molecule has 0 aliphatic carbocycles. The van der Waals surface area contributed by atoms with Crippen molar-refractivity contribution in [1.82, 2.24) is 15.0 Å². The first kappa shape index (κ1) is 9.15. The van der Waals surface area contributed by atoms with Crippen molar-refractivity contribution >= 4 is 0 Å². The third-order valence-corrected chi connectivity index (χ3v) is 1.72. The van der Waals surface area contributed by atoms with E-state index in [1.165, 1.54) is 0 Å². The maximum Gasteiger partial charge on any atom is 0.111 e. The zero-order valence-corrected chi connectivity index (χ0v) is 7.32. The fourth-order valence-corrected chi connectivity index (χ4v) is 1.05. The SMILES string of the molecule is COCCc1c(CO)nnn1C. The Morgan fingerprint density at radius 1 is 1.58 bits per heavy atom. The van der Waals surface area contributed by atoms with Crippen LogP contribution in [-0.2, 0) is 24.8 Å². The number of ether oxygens (including phenoxy) is 1. The van der Waals surface area contributed by atoms with Crippen LogP contribution in [-0.4, -0.2) is 33.8 Å². The van der Waals surface area contributed by atoms with Crippen molar-refractivity contribution < 1.29 is 9.84 Å². The van der Waals surface area contributed by atoms with E-state index in [-0.39, 0.29) is 6.61 Å². The normalized spacial score (nSPS) is 10.6. The molecule has 12 heavy (non-hydrogen) atoms. The monoisotopic (exact) mass is 171 g/mol. The fraction of sp³-hybridized carbons (Fsp3) is 0.714. The number of aliphatic hydroxyl groups excluding tert-OH is 1. The molecule has 1 aromatic heterocycles. The summed E-state index contributed by atoms with van der Waals surface area (Å²) in [5.41, 5.74) is 1.56. The first-order valence-corrected chi connectivity index (χ1v) is 3.76. The summed E-state index contributed by atoms with van der Waals surface area (Å²) < 4.78 is 6.58. The Labute approximate surface area is 71.0 Å². The highest BCUT2D eigenvalue weighted by Gasteiger charge is 2.08. The molecule has 0 radical (unpaired) electrons. The van der Waals surface area contributed by atoms with Gasteiger partial charge >= 0.3 is 0 Å². The Hall–Kier alpha value is -0.940. The van der Waals surface area contributed by atoms with Crippen LogP contribution in [0.4, 0.5) is 0 Å². The van der Waals surface area contributed by atoms with Gasteiger partial charge in [-0.05, 0) is 0 Å². The fourth-order valence-electron chi connectivity index (χ4n) is 1.05. The highest BCUT2D eigenvalue weighted by atomic mass is 16.5. The van der Waals surface area contributed by atoms with Crippen molar-refractivity contribution in [3.63, 3.8) is 0 Å². The van der Waals surface area contributed by atoms with Crippen LogP contribution in [0.5, 0.6) is 0 Å². The van der Waals surface area contributed by atoms with Gasteiger partial charge in [0.2, 0.25) is 0 Å². The second kappa shape index (κ2) is 4.18. The van der Waals surface area contributed by atoms with Gasteiger partial charge in [-0.3, -0.25) is 4.68 Å². The molecule has 0 aliphatic heterocycles. The summed E-state index contributed by atoms with van der Waals surface area (Å²) in [5.74, 6) is 0. The first-order valence-electron chi connectivity index (χ1n) is 3.76. The molecule has 5 nitrogen and oxygen atoms in total. The van der Waals surface area contributed by atoms with E-state index in [2.05, 4.69) is 10.3 Å². The molecule has 0 atom stereocenters. The second-order valence-corrected chi connectivity index (χ2v) is 2.51. The molecule has 1 heterocycles. The molecule has 0 bridgehead atoms. The largest absolute Gasteiger partial charge is 0.390 e. The number of hydrogen-bond acceptors (Lipinski definition) is 4. The van der Waals surface area contributed by atoms with Gasteiger partial charge in [0.15, 0.2) is 0 Å². The van der Waals surface area contributed by atoms with Gasteiger partial charge in [0.25, 0.3) is 0 Å². The molecule has 1 rings (SSSR count). The zero-order chi connectivity index (χ0) is 8.97. The van der Waals surface area contributed by atoms with Crippen LogP contribution < -0.4 is 0 Å². The number of aryl methyl sites for hydroxylation is 1. The summed E-state index contributed by atoms with van der Waals surface area (Å²) in [6.07, 6.45) is 0.732. The lowest BCUT2D eigenvalue weighted by Gasteiger charge is -2.00. The number of nitrogens with zero attached hydrogens (tertiary/aromatic N) is 3. The van der Waals surface area contributed by atoms with E-state index in [1.807, 2.05) is 0 Å². The number of aromatic nitrogens is 3. The van der Waals surface area contributed by atoms with Crippen LogP contribution in [0.25, 0.3) is 0 Å². The second-order valence-electron chi connectivity index (χ2n) is 2.51. The highest BCUT2D eigenvalue weighted by molar-refractivity contribution is 5.08. The van der Waals surface area contributed by atoms with Gasteiger partial charge in [-0.1, -0.05) is 5.21 Å². The minimum Gasteiger partial charge on any atom is -0.390 e. The first-order chi connectivity index (χ1) is 5.79. The molecule has 5 heteroatoms. The topological polar surface area (TPSA) is 60.2 Å². The standard InChI is InChI=1S/C7H13N3O2/c1-10-7(3-4-12-2)6(5-11)8-9-10/h11H,3-5H2,1-2H3. The maximum absolute atomic E-state index is 8.87. The molecule has 0 aliphatic rings. The van der Waals surface area contributed by atoms with Crippen LogP contribution >= 0.6 is 0 Å². The van der Waals surface area contributed by atoms with E-state index in [9.17, 15) is 0 Å². The van der Waals surface area contributed by atoms with Gasteiger partial charge in [0.05, 0.1) is 18.9 Å². The van der Waals surface area contributed by atoms with Crippen molar-refractivity contribution in [2.45, 2.75) is 13.0 Å². The zero-order valence-electron chi connectivity index (χ0n) is 7.32. The Balaban J connectivity index is 2.72. The van der Waals surface area contributed by atoms with Gasteiger partial charge in [-0.25, -0.2) is 0 Å². The molecule has 0 spiro atoms. The molecule has 0 aromatic carbocycles. The third kappa shape index (κ3) is 1.80. The van der Waals surface area contributed by atoms with Gasteiger partial charge in [0, 0.05) is 20.6 Å². The highest BCUT2D eigenvalue weighted by Crippen LogP contribution is 2.04. The number of hydrogen-bond donors (Lipinski definition) is 1. The molecule has 0 unspecified atom stereocenters. The number of rotatable bonds is 4. The number of aliphatic hydroxyl groups is 1. The predicted molar refractivity (Wildman–Crippen MR) is 42.5 cm³/mol. The Bertz CT molecular complexity index is 247. The summed E-state index contributed by atoms with van der Waals surface area (Å²) in [5, 5.41) is 16.5. The minimum absolute atomic E-state index is 0.0626. The van der Waals surface area contributed by atoms with Crippen molar-refractivity contribution in [3.8, 4) is 0 Å². The van der Waals surface area contributed by atoms with Gasteiger partial charge < -0.3 is 9.84 Å². The molecule has 1 N–H and O–H groups in total. The average molecular weight is 171 g/mol. The molecule has 0 fully saturated rings. The van der Waals surface area contributed by atoms with E-state index < -0.39 is 0 Å². The Morgan fingerprint density at radius 3 is 2.92 bits per heavy atom. The van der Waals surface area contributed by atoms with Crippen molar-refractivity contribution in [1.29, 1.82) is 0 Å². The quantitative estimate of drug-likeness (QED) is 0.663. The maximum atomic E-state index is 8.87. The lowest BCUT2D eigenvalue weighted by molar-refractivity contribution is 0.199. The van der Waals surface area contributed by atoms with E-state index in [4.69, 9.17) is 9.84 Å². The van der Waals surface area contributed by atoms with Crippen molar-refractivity contribution in [3.05, 3.63) is 11.4 Å². The summed E-state index contributed by atoms with van der Waals surface area (Å²) in [6, 6.07) is 0. The molecule has 0 saturated carbocycles. The average Bonchev–Trinajstić information content (AvgIpc) is 2.43. The molecular weight excluding hydrogens is 158 g/mol. The van der Waals surface area contributed by atoms with E-state index in [1.54, 1.807) is 18.8 Å². The predicted octanol–water partition coefficient (Wildman–Crippen LogP) is -0.504. The molecule has 0 amide bonds. The van der Waals surface area contributed by atoms with Crippen LogP contribution in [0.1, 0.15) is 11.4 Å². The Kier molecular flexibility index (Phi) is 3.19. The van der Waals surface area contributed by atoms with E-state index >= 15 is 0 Å². The van der Waals surface area contributed by atoms with Crippen LogP contribution in [0, 0.1) is 0 Å². The van der Waals surface area contributed by atoms with Crippen LogP contribution in [0.15, 0.2) is 0 Å². The van der Waals surface area contributed by atoms with E-state index in [0.29, 0.717) is 12.3 Å². The van der Waals surface area contributed by atoms with Crippen molar-refractivity contribution in [2.75, 3.05) is 13.7 Å². The lowest BCUT2D eigenvalue weighted by Crippen LogP contribution is -2.04. The Morgan fingerprint density at radius 2 is 2.33 bits per heavy atom. The van der Waals surface area contributed by atoms with Gasteiger partial charge in [-0.15, -0.1) is 5.10 Å².